The van der Waals surface area contributed by atoms with E-state index in [-0.39, 0.29) is 5.69 Å². The second-order valence-electron chi connectivity index (χ2n) is 4.96. The molecule has 116 valence electrons. The Balaban J connectivity index is 2.13. The van der Waals surface area contributed by atoms with Crippen molar-refractivity contribution in [3.05, 3.63) is 79.6 Å². The highest BCUT2D eigenvalue weighted by Gasteiger charge is 2.22. The molecule has 0 fully saturated rings. The van der Waals surface area contributed by atoms with E-state index >= 15 is 0 Å². The van der Waals surface area contributed by atoms with Gasteiger partial charge in [-0.05, 0) is 23.8 Å². The first-order valence-electron chi connectivity index (χ1n) is 6.84. The number of halogens is 1. The molecule has 23 heavy (non-hydrogen) atoms. The predicted octanol–water partition coefficient (Wildman–Crippen LogP) is 3.70. The summed E-state index contributed by atoms with van der Waals surface area (Å²) in [5, 5.41) is 15.3. The molecule has 0 saturated heterocycles. The van der Waals surface area contributed by atoms with Crippen LogP contribution in [-0.2, 0) is 6.54 Å². The first-order valence-corrected chi connectivity index (χ1v) is 7.22. The van der Waals surface area contributed by atoms with E-state index in [1.807, 2.05) is 30.3 Å². The molecule has 2 aromatic carbocycles. The number of pyridine rings is 1. The molecule has 0 unspecified atom stereocenters. The summed E-state index contributed by atoms with van der Waals surface area (Å²) in [6.45, 7) is 0.364. The first-order chi connectivity index (χ1) is 11.1. The average Bonchev–Trinajstić information content (AvgIpc) is 2.52. The average molecular weight is 330 g/mol. The molecular formula is C16H12ClN3O3. The van der Waals surface area contributed by atoms with E-state index < -0.39 is 16.2 Å². The lowest BCUT2D eigenvalue weighted by atomic mass is 10.1. The molecular weight excluding hydrogens is 318 g/mol. The summed E-state index contributed by atoms with van der Waals surface area (Å²) in [4.78, 5) is 25.1. The molecule has 0 aliphatic carbocycles. The maximum Gasteiger partial charge on any atom is 0.357 e. The van der Waals surface area contributed by atoms with Crippen molar-refractivity contribution >= 4 is 33.9 Å². The fourth-order valence-corrected chi connectivity index (χ4v) is 2.57. The lowest BCUT2D eigenvalue weighted by molar-refractivity contribution is -0.385. The maximum absolute atomic E-state index is 12.0. The molecule has 0 spiro atoms. The molecule has 0 atom stereocenters. The van der Waals surface area contributed by atoms with E-state index in [1.54, 1.807) is 18.2 Å². The lowest BCUT2D eigenvalue weighted by Crippen LogP contribution is -2.15. The van der Waals surface area contributed by atoms with Gasteiger partial charge in [0.15, 0.2) is 0 Å². The third-order valence-electron chi connectivity index (χ3n) is 3.45. The summed E-state index contributed by atoms with van der Waals surface area (Å²) >= 11 is 5.92. The number of rotatable bonds is 4. The van der Waals surface area contributed by atoms with Gasteiger partial charge in [0.25, 0.3) is 0 Å². The third-order valence-corrected chi connectivity index (χ3v) is 3.68. The highest BCUT2D eigenvalue weighted by atomic mass is 35.5. The number of benzene rings is 2. The number of nitro groups is 1. The van der Waals surface area contributed by atoms with Crippen molar-refractivity contribution in [2.24, 2.45) is 0 Å². The Morgan fingerprint density at radius 1 is 1.17 bits per heavy atom. The van der Waals surface area contributed by atoms with Gasteiger partial charge >= 0.3 is 11.2 Å². The number of hydrogen-bond acceptors (Lipinski definition) is 4. The van der Waals surface area contributed by atoms with E-state index in [4.69, 9.17) is 11.6 Å². The number of aromatic amines is 1. The van der Waals surface area contributed by atoms with Crippen molar-refractivity contribution in [2.45, 2.75) is 6.54 Å². The molecule has 0 aliphatic heterocycles. The first kappa shape index (κ1) is 15.1. The van der Waals surface area contributed by atoms with Crippen LogP contribution in [0.25, 0.3) is 10.9 Å². The highest BCUT2D eigenvalue weighted by molar-refractivity contribution is 6.31. The topological polar surface area (TPSA) is 88.0 Å². The van der Waals surface area contributed by atoms with Crippen LogP contribution in [0.5, 0.6) is 0 Å². The van der Waals surface area contributed by atoms with Crippen LogP contribution in [-0.4, -0.2) is 9.91 Å². The molecule has 0 aliphatic rings. The van der Waals surface area contributed by atoms with Crippen molar-refractivity contribution in [1.82, 2.24) is 4.98 Å². The summed E-state index contributed by atoms with van der Waals surface area (Å²) in [5.41, 5.74) is 0.318. The van der Waals surface area contributed by atoms with Gasteiger partial charge in [0, 0.05) is 17.0 Å². The standard InChI is InChI=1S/C16H12ClN3O3/c17-11-6-7-12-13(8-11)19-16(21)15(20(22)23)14(12)18-9-10-4-2-1-3-5-10/h1-8H,9H2,(H2,18,19,21). The Kier molecular flexibility index (Phi) is 3.99. The Morgan fingerprint density at radius 3 is 2.61 bits per heavy atom. The van der Waals surface area contributed by atoms with Crippen molar-refractivity contribution < 1.29 is 4.92 Å². The smallest absolute Gasteiger partial charge is 0.357 e. The summed E-state index contributed by atoms with van der Waals surface area (Å²) in [6, 6.07) is 14.3. The van der Waals surface area contributed by atoms with Crippen LogP contribution in [0, 0.1) is 10.1 Å². The Labute approximate surface area is 135 Å². The number of H-pyrrole nitrogens is 1. The molecule has 1 heterocycles. The van der Waals surface area contributed by atoms with E-state index in [2.05, 4.69) is 10.3 Å². The van der Waals surface area contributed by atoms with Gasteiger partial charge in [-0.3, -0.25) is 14.9 Å². The van der Waals surface area contributed by atoms with Gasteiger partial charge in [-0.15, -0.1) is 0 Å². The molecule has 0 amide bonds. The number of anilines is 1. The van der Waals surface area contributed by atoms with Crippen LogP contribution >= 0.6 is 11.6 Å². The quantitative estimate of drug-likeness (QED) is 0.564. The molecule has 3 rings (SSSR count). The number of aromatic nitrogens is 1. The Bertz CT molecular complexity index is 938. The molecule has 0 saturated carbocycles. The van der Waals surface area contributed by atoms with Crippen molar-refractivity contribution in [3.8, 4) is 0 Å². The van der Waals surface area contributed by atoms with E-state index in [1.165, 1.54) is 0 Å². The molecule has 6 nitrogen and oxygen atoms in total. The van der Waals surface area contributed by atoms with Crippen LogP contribution in [0.3, 0.4) is 0 Å². The molecule has 2 N–H and O–H groups in total. The van der Waals surface area contributed by atoms with Crippen molar-refractivity contribution in [2.75, 3.05) is 5.32 Å². The maximum atomic E-state index is 12.0. The summed E-state index contributed by atoms with van der Waals surface area (Å²) < 4.78 is 0. The minimum absolute atomic E-state index is 0.189. The van der Waals surface area contributed by atoms with Crippen LogP contribution < -0.4 is 10.9 Å². The molecule has 7 heteroatoms. The van der Waals surface area contributed by atoms with Gasteiger partial charge < -0.3 is 10.3 Å². The zero-order valence-electron chi connectivity index (χ0n) is 11.9. The zero-order chi connectivity index (χ0) is 16.4. The summed E-state index contributed by atoms with van der Waals surface area (Å²) in [5.74, 6) is 0. The number of nitrogens with zero attached hydrogens (tertiary/aromatic N) is 1. The fraction of sp³-hybridized carbons (Fsp3) is 0.0625. The highest BCUT2D eigenvalue weighted by Crippen LogP contribution is 2.30. The number of nitrogens with one attached hydrogen (secondary N) is 2. The van der Waals surface area contributed by atoms with Crippen LogP contribution in [0.15, 0.2) is 53.3 Å². The number of fused-ring (bicyclic) bond motifs is 1. The second kappa shape index (κ2) is 6.10. The van der Waals surface area contributed by atoms with Gasteiger partial charge in [-0.2, -0.15) is 0 Å². The van der Waals surface area contributed by atoms with Gasteiger partial charge in [-0.25, -0.2) is 0 Å². The van der Waals surface area contributed by atoms with Gasteiger partial charge in [0.05, 0.1) is 10.4 Å². The van der Waals surface area contributed by atoms with Crippen molar-refractivity contribution in [1.29, 1.82) is 0 Å². The minimum atomic E-state index is -0.764. The molecule has 0 bridgehead atoms. The Morgan fingerprint density at radius 2 is 1.91 bits per heavy atom. The van der Waals surface area contributed by atoms with Gasteiger partial charge in [0.2, 0.25) is 0 Å². The van der Waals surface area contributed by atoms with Gasteiger partial charge in [-0.1, -0.05) is 41.9 Å². The third kappa shape index (κ3) is 3.02. The fourth-order valence-electron chi connectivity index (χ4n) is 2.40. The lowest BCUT2D eigenvalue weighted by Gasteiger charge is -2.10. The zero-order valence-corrected chi connectivity index (χ0v) is 12.6. The molecule has 0 radical (unpaired) electrons. The monoisotopic (exact) mass is 329 g/mol. The van der Waals surface area contributed by atoms with E-state index in [0.29, 0.717) is 22.5 Å². The SMILES string of the molecule is O=c1[nH]c2cc(Cl)ccc2c(NCc2ccccc2)c1[N+](=O)[O-]. The summed E-state index contributed by atoms with van der Waals surface area (Å²) in [6.07, 6.45) is 0. The molecule has 1 aromatic heterocycles. The summed E-state index contributed by atoms with van der Waals surface area (Å²) in [7, 11) is 0. The minimum Gasteiger partial charge on any atom is -0.375 e. The normalized spacial score (nSPS) is 10.7. The van der Waals surface area contributed by atoms with E-state index in [0.717, 1.165) is 5.56 Å². The molecule has 3 aromatic rings. The van der Waals surface area contributed by atoms with Crippen molar-refractivity contribution in [3.63, 3.8) is 0 Å². The van der Waals surface area contributed by atoms with Crippen LogP contribution in [0.4, 0.5) is 11.4 Å². The van der Waals surface area contributed by atoms with Crippen LogP contribution in [0.1, 0.15) is 5.56 Å². The predicted molar refractivity (Wildman–Crippen MR) is 90.0 cm³/mol. The van der Waals surface area contributed by atoms with E-state index in [9.17, 15) is 14.9 Å². The Hall–Kier alpha value is -2.86. The number of hydrogen-bond donors (Lipinski definition) is 2. The second-order valence-corrected chi connectivity index (χ2v) is 5.40. The van der Waals surface area contributed by atoms with Crippen LogP contribution in [0.2, 0.25) is 5.02 Å². The largest absolute Gasteiger partial charge is 0.375 e. The van der Waals surface area contributed by atoms with Gasteiger partial charge in [0.1, 0.15) is 5.69 Å².